The molecule has 1 aromatic rings. The summed E-state index contributed by atoms with van der Waals surface area (Å²) in [5.41, 5.74) is -0.188. The summed E-state index contributed by atoms with van der Waals surface area (Å²) in [7, 11) is 0. The zero-order valence-corrected chi connectivity index (χ0v) is 15.1. The predicted molar refractivity (Wildman–Crippen MR) is 95.4 cm³/mol. The van der Waals surface area contributed by atoms with Gasteiger partial charge in [0.25, 0.3) is 5.91 Å². The number of urea groups is 1. The number of amides is 4. The average Bonchev–Trinajstić information content (AvgIpc) is 2.83. The number of carbonyl (C=O) groups is 3. The first-order chi connectivity index (χ1) is 12.4. The molecule has 4 amide bonds. The SMILES string of the molecule is C[C@@H]1CCCC[C@@]12NC(=O)N(CC(=O)Nc1ccc(C#N)c(Cl)c1)C2=O. The Kier molecular flexibility index (Phi) is 4.88. The van der Waals surface area contributed by atoms with E-state index >= 15 is 0 Å². The monoisotopic (exact) mass is 374 g/mol. The number of nitrogens with zero attached hydrogens (tertiary/aromatic N) is 2. The molecule has 7 nitrogen and oxygen atoms in total. The van der Waals surface area contributed by atoms with Crippen LogP contribution in [-0.4, -0.2) is 34.8 Å². The molecule has 1 aliphatic carbocycles. The van der Waals surface area contributed by atoms with Crippen LogP contribution >= 0.6 is 11.6 Å². The van der Waals surface area contributed by atoms with Crippen LogP contribution in [0.1, 0.15) is 38.2 Å². The third-order valence-corrected chi connectivity index (χ3v) is 5.49. The van der Waals surface area contributed by atoms with E-state index in [-0.39, 0.29) is 23.4 Å². The molecule has 0 radical (unpaired) electrons. The van der Waals surface area contributed by atoms with Gasteiger partial charge in [-0.25, -0.2) is 4.79 Å². The molecule has 2 aliphatic rings. The van der Waals surface area contributed by atoms with Crippen LogP contribution < -0.4 is 10.6 Å². The third kappa shape index (κ3) is 3.13. The Morgan fingerprint density at radius 1 is 1.46 bits per heavy atom. The summed E-state index contributed by atoms with van der Waals surface area (Å²) in [6.07, 6.45) is 3.38. The Morgan fingerprint density at radius 2 is 2.23 bits per heavy atom. The van der Waals surface area contributed by atoms with Crippen molar-refractivity contribution in [3.63, 3.8) is 0 Å². The van der Waals surface area contributed by atoms with Gasteiger partial charge in [0.1, 0.15) is 18.2 Å². The zero-order chi connectivity index (χ0) is 18.9. The Morgan fingerprint density at radius 3 is 2.88 bits per heavy atom. The number of nitrogens with one attached hydrogen (secondary N) is 2. The van der Waals surface area contributed by atoms with Gasteiger partial charge in [0.2, 0.25) is 5.91 Å². The number of anilines is 1. The van der Waals surface area contributed by atoms with Crippen molar-refractivity contribution in [1.29, 1.82) is 5.26 Å². The molecule has 2 fully saturated rings. The number of nitriles is 1. The van der Waals surface area contributed by atoms with Gasteiger partial charge in [0.15, 0.2) is 0 Å². The lowest BCUT2D eigenvalue weighted by Crippen LogP contribution is -2.54. The second-order valence-electron chi connectivity index (χ2n) is 6.79. The summed E-state index contributed by atoms with van der Waals surface area (Å²) >= 11 is 5.94. The lowest BCUT2D eigenvalue weighted by molar-refractivity contribution is -0.136. The predicted octanol–water partition coefficient (Wildman–Crippen LogP) is 2.65. The molecule has 136 valence electrons. The van der Waals surface area contributed by atoms with Gasteiger partial charge in [-0.3, -0.25) is 14.5 Å². The number of imide groups is 1. The fourth-order valence-electron chi connectivity index (χ4n) is 3.67. The highest BCUT2D eigenvalue weighted by molar-refractivity contribution is 6.32. The van der Waals surface area contributed by atoms with Gasteiger partial charge >= 0.3 is 6.03 Å². The number of carbonyl (C=O) groups excluding carboxylic acids is 3. The number of halogens is 1. The number of hydrogen-bond acceptors (Lipinski definition) is 4. The molecule has 1 saturated heterocycles. The quantitative estimate of drug-likeness (QED) is 0.794. The van der Waals surface area contributed by atoms with Crippen LogP contribution in [0.25, 0.3) is 0 Å². The first kappa shape index (κ1) is 18.2. The fourth-order valence-corrected chi connectivity index (χ4v) is 3.89. The highest BCUT2D eigenvalue weighted by atomic mass is 35.5. The largest absolute Gasteiger partial charge is 0.325 e. The maximum absolute atomic E-state index is 12.8. The Bertz CT molecular complexity index is 819. The summed E-state index contributed by atoms with van der Waals surface area (Å²) in [4.78, 5) is 38.4. The van der Waals surface area contributed by atoms with Gasteiger partial charge in [-0.2, -0.15) is 5.26 Å². The van der Waals surface area contributed by atoms with Crippen molar-refractivity contribution in [3.05, 3.63) is 28.8 Å². The van der Waals surface area contributed by atoms with Gasteiger partial charge in [-0.05, 0) is 37.0 Å². The highest BCUT2D eigenvalue weighted by Crippen LogP contribution is 2.38. The van der Waals surface area contributed by atoms with Gasteiger partial charge in [-0.1, -0.05) is 31.4 Å². The summed E-state index contributed by atoms with van der Waals surface area (Å²) < 4.78 is 0. The van der Waals surface area contributed by atoms with Crippen molar-refractivity contribution >= 4 is 35.1 Å². The van der Waals surface area contributed by atoms with E-state index in [4.69, 9.17) is 16.9 Å². The van der Waals surface area contributed by atoms with E-state index in [9.17, 15) is 14.4 Å². The second kappa shape index (κ2) is 6.96. The van der Waals surface area contributed by atoms with E-state index in [1.807, 2.05) is 13.0 Å². The number of hydrogen-bond donors (Lipinski definition) is 2. The Hall–Kier alpha value is -2.59. The van der Waals surface area contributed by atoms with E-state index in [0.717, 1.165) is 24.2 Å². The van der Waals surface area contributed by atoms with Gasteiger partial charge < -0.3 is 10.6 Å². The van der Waals surface area contributed by atoms with Crippen LogP contribution in [0.15, 0.2) is 18.2 Å². The molecule has 26 heavy (non-hydrogen) atoms. The van der Waals surface area contributed by atoms with Crippen molar-refractivity contribution < 1.29 is 14.4 Å². The first-order valence-corrected chi connectivity index (χ1v) is 8.89. The molecule has 1 saturated carbocycles. The average molecular weight is 375 g/mol. The van der Waals surface area contributed by atoms with Crippen LogP contribution in [0, 0.1) is 17.2 Å². The van der Waals surface area contributed by atoms with Crippen LogP contribution in [0.3, 0.4) is 0 Å². The molecule has 1 heterocycles. The smallest absolute Gasteiger partial charge is 0.324 e. The molecule has 0 bridgehead atoms. The van der Waals surface area contributed by atoms with Gasteiger partial charge in [0, 0.05) is 5.69 Å². The summed E-state index contributed by atoms with van der Waals surface area (Å²) in [5.74, 6) is -0.796. The van der Waals surface area contributed by atoms with Crippen molar-refractivity contribution in [1.82, 2.24) is 10.2 Å². The van der Waals surface area contributed by atoms with Crippen molar-refractivity contribution in [2.45, 2.75) is 38.1 Å². The molecule has 1 aliphatic heterocycles. The van der Waals surface area contributed by atoms with E-state index in [0.29, 0.717) is 17.7 Å². The normalized spacial score (nSPS) is 25.1. The molecule has 0 aromatic heterocycles. The third-order valence-electron chi connectivity index (χ3n) is 5.18. The van der Waals surface area contributed by atoms with Crippen LogP contribution in [0.5, 0.6) is 0 Å². The van der Waals surface area contributed by atoms with E-state index in [2.05, 4.69) is 10.6 Å². The minimum atomic E-state index is -0.882. The molecular weight excluding hydrogens is 356 g/mol. The summed E-state index contributed by atoms with van der Waals surface area (Å²) in [6, 6.07) is 5.89. The van der Waals surface area contributed by atoms with Crippen molar-refractivity contribution in [3.8, 4) is 6.07 Å². The lowest BCUT2D eigenvalue weighted by atomic mass is 9.73. The van der Waals surface area contributed by atoms with E-state index in [1.54, 1.807) is 6.07 Å². The minimum Gasteiger partial charge on any atom is -0.324 e. The first-order valence-electron chi connectivity index (χ1n) is 8.51. The van der Waals surface area contributed by atoms with Gasteiger partial charge in [0.05, 0.1) is 10.6 Å². The van der Waals surface area contributed by atoms with E-state index in [1.165, 1.54) is 12.1 Å². The molecule has 2 N–H and O–H groups in total. The maximum atomic E-state index is 12.8. The molecule has 8 heteroatoms. The fraction of sp³-hybridized carbons (Fsp3) is 0.444. The van der Waals surface area contributed by atoms with Crippen LogP contribution in [0.4, 0.5) is 10.5 Å². The van der Waals surface area contributed by atoms with Crippen LogP contribution in [-0.2, 0) is 9.59 Å². The lowest BCUT2D eigenvalue weighted by Gasteiger charge is -2.36. The zero-order valence-electron chi connectivity index (χ0n) is 14.3. The second-order valence-corrected chi connectivity index (χ2v) is 7.20. The molecule has 1 spiro atoms. The molecule has 0 unspecified atom stereocenters. The summed E-state index contributed by atoms with van der Waals surface area (Å²) in [5, 5.41) is 14.5. The van der Waals surface area contributed by atoms with Crippen LogP contribution in [0.2, 0.25) is 5.02 Å². The Balaban J connectivity index is 1.69. The maximum Gasteiger partial charge on any atom is 0.325 e. The molecular formula is C18H19ClN4O3. The molecule has 1 aromatic carbocycles. The minimum absolute atomic E-state index is 0.0399. The summed E-state index contributed by atoms with van der Waals surface area (Å²) in [6.45, 7) is 1.59. The topological polar surface area (TPSA) is 102 Å². The standard InChI is InChI=1S/C18H19ClN4O3/c1-11-4-2-3-7-18(11)16(25)23(17(26)22-18)10-15(24)21-13-6-5-12(9-20)14(19)8-13/h5-6,8,11H,2-4,7,10H2,1H3,(H,21,24)(H,22,26)/t11-,18-/m1/s1. The number of benzene rings is 1. The molecule has 3 rings (SSSR count). The number of rotatable bonds is 3. The highest BCUT2D eigenvalue weighted by Gasteiger charge is 2.55. The van der Waals surface area contributed by atoms with Gasteiger partial charge in [-0.15, -0.1) is 0 Å². The van der Waals surface area contributed by atoms with Crippen molar-refractivity contribution in [2.24, 2.45) is 5.92 Å². The molecule has 2 atom stereocenters. The van der Waals surface area contributed by atoms with E-state index < -0.39 is 17.5 Å². The van der Waals surface area contributed by atoms with Crippen molar-refractivity contribution in [2.75, 3.05) is 11.9 Å². The Labute approximate surface area is 156 Å².